The molecule has 0 saturated heterocycles. The summed E-state index contributed by atoms with van der Waals surface area (Å²) >= 11 is 0. The highest BCUT2D eigenvalue weighted by Crippen LogP contribution is 2.17. The van der Waals surface area contributed by atoms with Crippen molar-refractivity contribution in [3.05, 3.63) is 60.8 Å². The SMILES string of the molecule is CC/C=C\C/C=C\C/C=C\CCCCCC(=O)OCC(COC(=O)CCCCCCCCCCCCCCCCCCC/C=C\CCCCCCCCCC)OC(=O)CCCCCCC/C=C\CCCCCCCC. The largest absolute Gasteiger partial charge is 0.462 e. The molecule has 75 heavy (non-hydrogen) atoms. The number of allylic oxidation sites excluding steroid dienone is 10. The summed E-state index contributed by atoms with van der Waals surface area (Å²) in [5.74, 6) is -0.908. The van der Waals surface area contributed by atoms with Crippen molar-refractivity contribution < 1.29 is 28.6 Å². The van der Waals surface area contributed by atoms with Crippen LogP contribution in [0.5, 0.6) is 0 Å². The number of ether oxygens (including phenoxy) is 3. The predicted molar refractivity (Wildman–Crippen MR) is 325 cm³/mol. The summed E-state index contributed by atoms with van der Waals surface area (Å²) in [6.07, 6.45) is 81.1. The number of carbonyl (C=O) groups is 3. The topological polar surface area (TPSA) is 78.9 Å². The summed E-state index contributed by atoms with van der Waals surface area (Å²) in [7, 11) is 0. The Morgan fingerprint density at radius 1 is 0.280 bits per heavy atom. The van der Waals surface area contributed by atoms with E-state index < -0.39 is 6.10 Å². The molecule has 0 aromatic rings. The Hall–Kier alpha value is -2.89. The highest BCUT2D eigenvalue weighted by molar-refractivity contribution is 5.71. The second-order valence-electron chi connectivity index (χ2n) is 22.0. The molecule has 6 heteroatoms. The highest BCUT2D eigenvalue weighted by Gasteiger charge is 2.19. The van der Waals surface area contributed by atoms with Crippen molar-refractivity contribution in [1.29, 1.82) is 0 Å². The molecule has 0 saturated carbocycles. The molecule has 6 nitrogen and oxygen atoms in total. The third-order valence-electron chi connectivity index (χ3n) is 14.5. The Morgan fingerprint density at radius 2 is 0.520 bits per heavy atom. The Balaban J connectivity index is 4.19. The van der Waals surface area contributed by atoms with Gasteiger partial charge in [-0.1, -0.05) is 281 Å². The van der Waals surface area contributed by atoms with Crippen molar-refractivity contribution in [2.24, 2.45) is 0 Å². The highest BCUT2D eigenvalue weighted by atomic mass is 16.6. The number of hydrogen-bond donors (Lipinski definition) is 0. The number of carbonyl (C=O) groups excluding carboxylic acids is 3. The Kier molecular flexibility index (Phi) is 61.2. The third kappa shape index (κ3) is 61.8. The van der Waals surface area contributed by atoms with E-state index in [2.05, 4.69) is 81.5 Å². The van der Waals surface area contributed by atoms with Crippen molar-refractivity contribution in [3.8, 4) is 0 Å². The quantitative estimate of drug-likeness (QED) is 0.0261. The first-order valence-corrected chi connectivity index (χ1v) is 32.8. The Morgan fingerprint density at radius 3 is 0.840 bits per heavy atom. The van der Waals surface area contributed by atoms with Gasteiger partial charge in [-0.3, -0.25) is 14.4 Å². The van der Waals surface area contributed by atoms with E-state index in [0.717, 1.165) is 96.3 Å². The van der Waals surface area contributed by atoms with Gasteiger partial charge in [0.05, 0.1) is 0 Å². The van der Waals surface area contributed by atoms with Gasteiger partial charge >= 0.3 is 17.9 Å². The zero-order valence-corrected chi connectivity index (χ0v) is 50.1. The second-order valence-corrected chi connectivity index (χ2v) is 22.0. The van der Waals surface area contributed by atoms with Crippen LogP contribution in [0.15, 0.2) is 60.8 Å². The smallest absolute Gasteiger partial charge is 0.306 e. The summed E-state index contributed by atoms with van der Waals surface area (Å²) in [4.78, 5) is 38.2. The molecule has 0 fully saturated rings. The molecule has 1 atom stereocenters. The number of rotatable bonds is 60. The molecule has 0 N–H and O–H groups in total. The maximum absolute atomic E-state index is 12.9. The molecule has 0 amide bonds. The monoisotopic (exact) mass is 1050 g/mol. The van der Waals surface area contributed by atoms with Crippen LogP contribution in [0.1, 0.15) is 342 Å². The van der Waals surface area contributed by atoms with Crippen molar-refractivity contribution in [1.82, 2.24) is 0 Å². The van der Waals surface area contributed by atoms with Crippen molar-refractivity contribution in [2.45, 2.75) is 348 Å². The molecule has 0 spiro atoms. The lowest BCUT2D eigenvalue weighted by Gasteiger charge is -2.18. The molecular formula is C69H124O6. The first kappa shape index (κ1) is 72.1. The average molecular weight is 1050 g/mol. The lowest BCUT2D eigenvalue weighted by molar-refractivity contribution is -0.167. The summed E-state index contributed by atoms with van der Waals surface area (Å²) < 4.78 is 16.9. The summed E-state index contributed by atoms with van der Waals surface area (Å²) in [5.41, 5.74) is 0. The minimum absolute atomic E-state index is 0.0844. The van der Waals surface area contributed by atoms with E-state index in [1.807, 2.05) is 0 Å². The second kappa shape index (κ2) is 63.6. The first-order valence-electron chi connectivity index (χ1n) is 32.8. The van der Waals surface area contributed by atoms with Gasteiger partial charge in [-0.05, 0) is 103 Å². The minimum Gasteiger partial charge on any atom is -0.462 e. The van der Waals surface area contributed by atoms with E-state index in [9.17, 15) is 14.4 Å². The summed E-state index contributed by atoms with van der Waals surface area (Å²) in [5, 5.41) is 0. The molecular weight excluding hydrogens is 925 g/mol. The van der Waals surface area contributed by atoms with Crippen LogP contribution in [0.4, 0.5) is 0 Å². The molecule has 1 unspecified atom stereocenters. The zero-order valence-electron chi connectivity index (χ0n) is 50.1. The summed E-state index contributed by atoms with van der Waals surface area (Å²) in [6.45, 7) is 6.53. The van der Waals surface area contributed by atoms with Crippen molar-refractivity contribution in [3.63, 3.8) is 0 Å². The number of hydrogen-bond acceptors (Lipinski definition) is 6. The van der Waals surface area contributed by atoms with Gasteiger partial charge in [0.15, 0.2) is 6.10 Å². The van der Waals surface area contributed by atoms with Crippen LogP contribution in [0.25, 0.3) is 0 Å². The standard InChI is InChI=1S/C69H124O6/c1-4-7-10-13-16-19-22-25-27-28-29-30-31-32-33-34-35-36-37-38-39-40-42-44-47-50-53-56-59-62-68(71)74-65-66(64-73-67(70)61-58-55-52-49-46-43-24-21-18-15-12-9-6-3)75-69(72)63-60-57-54-51-48-45-41-26-23-20-17-14-11-8-5-2/h9,12,18,21,26,28-29,41,43,46,66H,4-8,10-11,13-17,19-20,22-25,27,30-40,42,44-45,47-65H2,1-3H3/b12-9-,21-18-,29-28-,41-26-,46-43-. The Bertz CT molecular complexity index is 1340. The average Bonchev–Trinajstić information content (AvgIpc) is 3.41. The molecule has 0 aliphatic carbocycles. The van der Waals surface area contributed by atoms with E-state index in [1.165, 1.54) is 205 Å². The molecule has 0 aliphatic heterocycles. The normalized spacial score (nSPS) is 12.4. The fraction of sp³-hybridized carbons (Fsp3) is 0.812. The van der Waals surface area contributed by atoms with Crippen LogP contribution < -0.4 is 0 Å². The zero-order chi connectivity index (χ0) is 54.3. The minimum atomic E-state index is -0.790. The van der Waals surface area contributed by atoms with Crippen LogP contribution >= 0.6 is 0 Å². The van der Waals surface area contributed by atoms with Crippen LogP contribution in [-0.2, 0) is 28.6 Å². The molecule has 0 aliphatic rings. The maximum Gasteiger partial charge on any atom is 0.306 e. The van der Waals surface area contributed by atoms with Gasteiger partial charge in [0, 0.05) is 19.3 Å². The lowest BCUT2D eigenvalue weighted by atomic mass is 10.0. The number of unbranched alkanes of at least 4 members (excludes halogenated alkanes) is 39. The van der Waals surface area contributed by atoms with Gasteiger partial charge in [0.25, 0.3) is 0 Å². The van der Waals surface area contributed by atoms with Gasteiger partial charge in [-0.25, -0.2) is 0 Å². The van der Waals surface area contributed by atoms with E-state index in [1.54, 1.807) is 0 Å². The maximum atomic E-state index is 12.9. The van der Waals surface area contributed by atoms with E-state index in [-0.39, 0.29) is 31.1 Å². The third-order valence-corrected chi connectivity index (χ3v) is 14.5. The van der Waals surface area contributed by atoms with Gasteiger partial charge in [0.1, 0.15) is 13.2 Å². The van der Waals surface area contributed by atoms with Gasteiger partial charge in [0.2, 0.25) is 0 Å². The van der Waals surface area contributed by atoms with Crippen LogP contribution in [-0.4, -0.2) is 37.2 Å². The molecule has 436 valence electrons. The molecule has 0 rings (SSSR count). The molecule has 0 bridgehead atoms. The summed E-state index contributed by atoms with van der Waals surface area (Å²) in [6, 6.07) is 0. The van der Waals surface area contributed by atoms with Gasteiger partial charge < -0.3 is 14.2 Å². The number of esters is 3. The fourth-order valence-corrected chi connectivity index (χ4v) is 9.57. The molecule has 0 radical (unpaired) electrons. The Labute approximate surface area is 466 Å². The fourth-order valence-electron chi connectivity index (χ4n) is 9.57. The van der Waals surface area contributed by atoms with Gasteiger partial charge in [-0.15, -0.1) is 0 Å². The molecule has 0 heterocycles. The van der Waals surface area contributed by atoms with Crippen molar-refractivity contribution >= 4 is 17.9 Å². The van der Waals surface area contributed by atoms with Gasteiger partial charge in [-0.2, -0.15) is 0 Å². The van der Waals surface area contributed by atoms with E-state index in [4.69, 9.17) is 14.2 Å². The molecule has 0 aromatic heterocycles. The molecule has 0 aromatic carbocycles. The first-order chi connectivity index (χ1) is 37.0. The van der Waals surface area contributed by atoms with Crippen LogP contribution in [0.3, 0.4) is 0 Å². The predicted octanol–water partition coefficient (Wildman–Crippen LogP) is 22.3. The van der Waals surface area contributed by atoms with E-state index in [0.29, 0.717) is 19.3 Å². The van der Waals surface area contributed by atoms with Crippen LogP contribution in [0, 0.1) is 0 Å². The lowest BCUT2D eigenvalue weighted by Crippen LogP contribution is -2.30. The van der Waals surface area contributed by atoms with E-state index >= 15 is 0 Å². The van der Waals surface area contributed by atoms with Crippen molar-refractivity contribution in [2.75, 3.05) is 13.2 Å². The van der Waals surface area contributed by atoms with Crippen LogP contribution in [0.2, 0.25) is 0 Å².